The summed E-state index contributed by atoms with van der Waals surface area (Å²) in [5.74, 6) is 0.0929. The molecule has 10 nitrogen and oxygen atoms in total. The van der Waals surface area contributed by atoms with E-state index in [4.69, 9.17) is 23.2 Å². The number of aromatic amines is 2. The first-order chi connectivity index (χ1) is 13.8. The van der Waals surface area contributed by atoms with Crippen LogP contribution in [-0.2, 0) is 10.1 Å². The number of fused-ring (bicyclic) bond motifs is 3. The minimum Gasteiger partial charge on any atom is -0.359 e. The lowest BCUT2D eigenvalue weighted by atomic mass is 10.1. The molecule has 2 aromatic carbocycles. The van der Waals surface area contributed by atoms with Crippen LogP contribution in [0.1, 0.15) is 5.82 Å². The van der Waals surface area contributed by atoms with Crippen LogP contribution in [0, 0.1) is 11.3 Å². The zero-order valence-electron chi connectivity index (χ0n) is 14.1. The maximum atomic E-state index is 11.8. The van der Waals surface area contributed by atoms with Gasteiger partial charge in [0, 0.05) is 27.0 Å². The van der Waals surface area contributed by atoms with E-state index in [0.29, 0.717) is 27.0 Å². The highest BCUT2D eigenvalue weighted by molar-refractivity contribution is 7.86. The van der Waals surface area contributed by atoms with E-state index in [9.17, 15) is 18.2 Å². The van der Waals surface area contributed by atoms with Crippen molar-refractivity contribution in [2.24, 2.45) is 0 Å². The Bertz CT molecular complexity index is 1440. The summed E-state index contributed by atoms with van der Waals surface area (Å²) < 4.78 is 33.1. The highest BCUT2D eigenvalue weighted by Crippen LogP contribution is 2.37. The number of H-pyrrole nitrogens is 2. The van der Waals surface area contributed by atoms with E-state index < -0.39 is 10.1 Å². The van der Waals surface area contributed by atoms with E-state index >= 15 is 0 Å². The van der Waals surface area contributed by atoms with E-state index in [1.54, 1.807) is 18.2 Å². The molecule has 2 aromatic heterocycles. The van der Waals surface area contributed by atoms with Crippen LogP contribution in [0.5, 0.6) is 0 Å². The van der Waals surface area contributed by atoms with Gasteiger partial charge in [0.25, 0.3) is 10.1 Å². The molecule has 146 valence electrons. The second-order valence-electron chi connectivity index (χ2n) is 5.85. The van der Waals surface area contributed by atoms with E-state index in [1.165, 1.54) is 6.20 Å². The molecule has 29 heavy (non-hydrogen) atoms. The fourth-order valence-corrected chi connectivity index (χ4v) is 4.09. The van der Waals surface area contributed by atoms with Crippen LogP contribution >= 0.6 is 23.2 Å². The Morgan fingerprint density at radius 3 is 2.48 bits per heavy atom. The summed E-state index contributed by atoms with van der Waals surface area (Å²) in [4.78, 5) is 2.61. The SMILES string of the molecule is N#CC(=CNc1cc(Cl)cc2c1[nH]c1c(S(=O)(=O)O)cc(Cl)cc12)c1nn[nH]n1. The van der Waals surface area contributed by atoms with Gasteiger partial charge in [0.05, 0.1) is 16.7 Å². The van der Waals surface area contributed by atoms with Crippen molar-refractivity contribution >= 4 is 66.4 Å². The van der Waals surface area contributed by atoms with Crippen molar-refractivity contribution in [3.8, 4) is 6.07 Å². The number of nitrogens with one attached hydrogen (secondary N) is 3. The molecule has 0 unspecified atom stereocenters. The first-order valence-corrected chi connectivity index (χ1v) is 10.00. The Hall–Kier alpha value is -3.17. The van der Waals surface area contributed by atoms with Gasteiger partial charge in [0.1, 0.15) is 16.5 Å². The van der Waals surface area contributed by atoms with Crippen molar-refractivity contribution < 1.29 is 13.0 Å². The van der Waals surface area contributed by atoms with Gasteiger partial charge in [-0.25, -0.2) is 0 Å². The largest absolute Gasteiger partial charge is 0.359 e. The Morgan fingerprint density at radius 1 is 1.17 bits per heavy atom. The molecule has 0 spiro atoms. The maximum Gasteiger partial charge on any atom is 0.296 e. The number of tetrazole rings is 1. The second kappa shape index (κ2) is 7.02. The van der Waals surface area contributed by atoms with Gasteiger partial charge < -0.3 is 10.3 Å². The summed E-state index contributed by atoms with van der Waals surface area (Å²) in [5.41, 5.74) is 1.19. The molecule has 0 aliphatic carbocycles. The topological polar surface area (TPSA) is 160 Å². The van der Waals surface area contributed by atoms with Crippen molar-refractivity contribution in [3.63, 3.8) is 0 Å². The van der Waals surface area contributed by atoms with Crippen LogP contribution < -0.4 is 5.32 Å². The molecule has 2 heterocycles. The quantitative estimate of drug-likeness (QED) is 0.272. The fraction of sp³-hybridized carbons (Fsp3) is 0. The van der Waals surface area contributed by atoms with E-state index in [0.717, 1.165) is 6.07 Å². The van der Waals surface area contributed by atoms with Crippen LogP contribution in [0.25, 0.3) is 27.4 Å². The summed E-state index contributed by atoms with van der Waals surface area (Å²) in [7, 11) is -4.53. The predicted octanol–water partition coefficient (Wildman–Crippen LogP) is 3.36. The first-order valence-electron chi connectivity index (χ1n) is 7.80. The number of anilines is 1. The van der Waals surface area contributed by atoms with Crippen molar-refractivity contribution in [3.05, 3.63) is 46.3 Å². The Balaban J connectivity index is 1.94. The number of hydrogen-bond acceptors (Lipinski definition) is 7. The summed E-state index contributed by atoms with van der Waals surface area (Å²) in [5, 5.41) is 26.9. The molecule has 0 aliphatic rings. The standard InChI is InChI=1S/C16H9Cl2N7O3S/c17-8-1-10-11-2-9(18)4-13(29(26,27)28)15(11)21-14(10)12(3-8)20-6-7(5-19)16-22-24-25-23-16/h1-4,6,20-21H,(H,26,27,28)(H,22,23,24,25). The molecule has 4 N–H and O–H groups in total. The second-order valence-corrected chi connectivity index (χ2v) is 8.11. The van der Waals surface area contributed by atoms with Crippen molar-refractivity contribution in [2.75, 3.05) is 5.32 Å². The normalized spacial score (nSPS) is 12.4. The van der Waals surface area contributed by atoms with Gasteiger partial charge in [-0.05, 0) is 29.5 Å². The Kier molecular flexibility index (Phi) is 4.64. The third kappa shape index (κ3) is 3.50. The number of halogens is 2. The molecule has 0 saturated carbocycles. The molecule has 0 radical (unpaired) electrons. The van der Waals surface area contributed by atoms with Gasteiger partial charge in [-0.2, -0.15) is 18.9 Å². The monoisotopic (exact) mass is 449 g/mol. The minimum absolute atomic E-state index is 0.0929. The lowest BCUT2D eigenvalue weighted by Gasteiger charge is -2.04. The van der Waals surface area contributed by atoms with Gasteiger partial charge in [0.2, 0.25) is 5.82 Å². The average Bonchev–Trinajstić information content (AvgIpc) is 3.29. The van der Waals surface area contributed by atoms with Crippen LogP contribution in [0.3, 0.4) is 0 Å². The van der Waals surface area contributed by atoms with Crippen LogP contribution in [-0.4, -0.2) is 38.6 Å². The van der Waals surface area contributed by atoms with Gasteiger partial charge >= 0.3 is 0 Å². The summed E-state index contributed by atoms with van der Waals surface area (Å²) >= 11 is 12.3. The molecule has 0 atom stereocenters. The number of benzene rings is 2. The highest BCUT2D eigenvalue weighted by atomic mass is 35.5. The molecule has 0 amide bonds. The lowest BCUT2D eigenvalue weighted by molar-refractivity contribution is 0.484. The van der Waals surface area contributed by atoms with E-state index in [1.807, 2.05) is 6.07 Å². The van der Waals surface area contributed by atoms with Crippen LogP contribution in [0.4, 0.5) is 5.69 Å². The summed E-state index contributed by atoms with van der Waals surface area (Å²) in [6.07, 6.45) is 1.36. The molecule has 4 aromatic rings. The molecule has 0 bridgehead atoms. The van der Waals surface area contributed by atoms with Crippen molar-refractivity contribution in [1.82, 2.24) is 25.6 Å². The van der Waals surface area contributed by atoms with Crippen LogP contribution in [0.15, 0.2) is 35.4 Å². The molecule has 0 saturated heterocycles. The summed E-state index contributed by atoms with van der Waals surface area (Å²) in [6.45, 7) is 0. The number of rotatable bonds is 4. The molecule has 4 rings (SSSR count). The zero-order valence-corrected chi connectivity index (χ0v) is 16.4. The van der Waals surface area contributed by atoms with E-state index in [-0.39, 0.29) is 26.8 Å². The molecule has 0 aliphatic heterocycles. The number of allylic oxidation sites excluding steroid dienone is 1. The molecular formula is C16H9Cl2N7O3S. The van der Waals surface area contributed by atoms with Gasteiger partial charge in [-0.3, -0.25) is 4.55 Å². The first kappa shape index (κ1) is 19.2. The smallest absolute Gasteiger partial charge is 0.296 e. The lowest BCUT2D eigenvalue weighted by Crippen LogP contribution is -1.99. The van der Waals surface area contributed by atoms with Gasteiger partial charge in [-0.15, -0.1) is 10.2 Å². The molecular weight excluding hydrogens is 441 g/mol. The predicted molar refractivity (Wildman–Crippen MR) is 107 cm³/mol. The fourth-order valence-electron chi connectivity index (χ4n) is 2.89. The number of nitriles is 1. The molecule has 13 heteroatoms. The van der Waals surface area contributed by atoms with E-state index in [2.05, 4.69) is 30.9 Å². The number of nitrogens with zero attached hydrogens (tertiary/aromatic N) is 4. The Morgan fingerprint density at radius 2 is 1.86 bits per heavy atom. The van der Waals surface area contributed by atoms with Crippen molar-refractivity contribution in [2.45, 2.75) is 4.90 Å². The zero-order chi connectivity index (χ0) is 20.8. The van der Waals surface area contributed by atoms with Gasteiger partial charge in [-0.1, -0.05) is 23.2 Å². The van der Waals surface area contributed by atoms with Crippen LogP contribution in [0.2, 0.25) is 10.0 Å². The number of aromatic nitrogens is 5. The highest BCUT2D eigenvalue weighted by Gasteiger charge is 2.20. The molecule has 0 fully saturated rings. The average molecular weight is 450 g/mol. The van der Waals surface area contributed by atoms with Gasteiger partial charge in [0.15, 0.2) is 0 Å². The number of hydrogen-bond donors (Lipinski definition) is 4. The maximum absolute atomic E-state index is 11.8. The Labute approximate surface area is 172 Å². The minimum atomic E-state index is -4.53. The third-order valence-electron chi connectivity index (χ3n) is 4.07. The summed E-state index contributed by atoms with van der Waals surface area (Å²) in [6, 6.07) is 7.85. The third-order valence-corrected chi connectivity index (χ3v) is 5.38. The van der Waals surface area contributed by atoms with Crippen molar-refractivity contribution in [1.29, 1.82) is 5.26 Å².